The van der Waals surface area contributed by atoms with Crippen LogP contribution in [0, 0.1) is 6.92 Å². The van der Waals surface area contributed by atoms with Crippen molar-refractivity contribution in [1.29, 1.82) is 0 Å². The Morgan fingerprint density at radius 2 is 1.90 bits per heavy atom. The maximum Gasteiger partial charge on any atom is 0.273 e. The molecule has 1 fully saturated rings. The van der Waals surface area contributed by atoms with Gasteiger partial charge in [-0.25, -0.2) is 12.7 Å². The molecule has 21 heavy (non-hydrogen) atoms. The lowest BCUT2D eigenvalue weighted by Gasteiger charge is -2.23. The molecular weight excluding hydrogens is 353 g/mol. The maximum atomic E-state index is 12.7. The molecule has 1 heterocycles. The summed E-state index contributed by atoms with van der Waals surface area (Å²) in [5.74, 6) is -0.126. The van der Waals surface area contributed by atoms with E-state index < -0.39 is 25.6 Å². The van der Waals surface area contributed by atoms with Crippen LogP contribution in [0.5, 0.6) is 0 Å². The third-order valence-electron chi connectivity index (χ3n) is 3.14. The summed E-state index contributed by atoms with van der Waals surface area (Å²) in [5, 5.41) is -0.580. The minimum atomic E-state index is -3.95. The zero-order valence-corrected chi connectivity index (χ0v) is 14.7. The lowest BCUT2D eigenvalue weighted by molar-refractivity contribution is -0.124. The minimum absolute atomic E-state index is 0.0641. The number of alkyl halides is 2. The molecule has 0 radical (unpaired) electrons. The average Bonchev–Trinajstić information content (AvgIpc) is 2.61. The zero-order valence-electron chi connectivity index (χ0n) is 11.5. The number of carbonyl (C=O) groups is 1. The first-order chi connectivity index (χ1) is 9.70. The van der Waals surface area contributed by atoms with Gasteiger partial charge in [-0.05, 0) is 24.8 Å². The van der Waals surface area contributed by atoms with E-state index in [4.69, 9.17) is 23.2 Å². The largest absolute Gasteiger partial charge is 0.273 e. The van der Waals surface area contributed by atoms with E-state index >= 15 is 0 Å². The van der Waals surface area contributed by atoms with Crippen LogP contribution in [-0.2, 0) is 14.8 Å². The van der Waals surface area contributed by atoms with Gasteiger partial charge in [0.05, 0.1) is 10.3 Å². The lowest BCUT2D eigenvalue weighted by Crippen LogP contribution is -2.39. The molecule has 0 aromatic heterocycles. The molecule has 1 aromatic carbocycles. The Morgan fingerprint density at radius 3 is 2.43 bits per heavy atom. The van der Waals surface area contributed by atoms with Gasteiger partial charge in [-0.3, -0.25) is 4.79 Å². The average molecular weight is 368 g/mol. The third kappa shape index (κ3) is 3.18. The van der Waals surface area contributed by atoms with Gasteiger partial charge in [-0.2, -0.15) is 0 Å². The van der Waals surface area contributed by atoms with E-state index in [2.05, 4.69) is 0 Å². The Morgan fingerprint density at radius 1 is 1.33 bits per heavy atom. The molecule has 1 atom stereocenters. The second-order valence-electron chi connectivity index (χ2n) is 4.74. The number of amides is 1. The summed E-state index contributed by atoms with van der Waals surface area (Å²) in [6.45, 7) is 3.74. The van der Waals surface area contributed by atoms with Crippen LogP contribution < -0.4 is 0 Å². The fourth-order valence-electron chi connectivity index (χ4n) is 2.09. The van der Waals surface area contributed by atoms with Crippen molar-refractivity contribution < 1.29 is 13.2 Å². The molecule has 0 aliphatic carbocycles. The molecule has 1 aliphatic rings. The van der Waals surface area contributed by atoms with Gasteiger partial charge in [0.25, 0.3) is 15.9 Å². The molecule has 1 unspecified atom stereocenters. The van der Waals surface area contributed by atoms with Crippen molar-refractivity contribution >= 4 is 50.9 Å². The number of sulfonamides is 1. The van der Waals surface area contributed by atoms with Crippen LogP contribution in [0.4, 0.5) is 0 Å². The Labute approximate surface area is 138 Å². The van der Waals surface area contributed by atoms with Gasteiger partial charge in [0, 0.05) is 6.42 Å². The minimum Gasteiger partial charge on any atom is -0.270 e. The molecular formula is C13H15Cl2NO3S2. The number of nitrogens with zero attached hydrogens (tertiary/aromatic N) is 1. The Hall–Kier alpha value is -0.430. The van der Waals surface area contributed by atoms with Crippen LogP contribution in [0.15, 0.2) is 29.2 Å². The summed E-state index contributed by atoms with van der Waals surface area (Å²) < 4.78 is 24.5. The predicted octanol–water partition coefficient (Wildman–Crippen LogP) is 3.17. The van der Waals surface area contributed by atoms with Gasteiger partial charge in [-0.1, -0.05) is 47.8 Å². The summed E-state index contributed by atoms with van der Waals surface area (Å²) in [7, 11) is -3.95. The topological polar surface area (TPSA) is 54.5 Å². The number of benzene rings is 1. The van der Waals surface area contributed by atoms with Gasteiger partial charge in [0.1, 0.15) is 0 Å². The number of carbonyl (C=O) groups excluding carboxylic acids is 1. The zero-order chi connectivity index (χ0) is 15.8. The van der Waals surface area contributed by atoms with Crippen LogP contribution in [-0.4, -0.2) is 34.1 Å². The van der Waals surface area contributed by atoms with Crippen LogP contribution >= 0.6 is 35.0 Å². The number of thioether (sulfide) groups is 1. The molecule has 1 aromatic rings. The highest BCUT2D eigenvalue weighted by molar-refractivity contribution is 8.00. The maximum absolute atomic E-state index is 12.7. The first-order valence-electron chi connectivity index (χ1n) is 6.35. The van der Waals surface area contributed by atoms with Crippen molar-refractivity contribution in [2.75, 3.05) is 5.75 Å². The SMILES string of the molecule is CCSC1CC(Cl)(Cl)C(=O)N1S(=O)(=O)c1ccc(C)cc1. The quantitative estimate of drug-likeness (QED) is 0.766. The first-order valence-corrected chi connectivity index (χ1v) is 9.59. The summed E-state index contributed by atoms with van der Waals surface area (Å²) in [6.07, 6.45) is 0.0819. The van der Waals surface area contributed by atoms with Gasteiger partial charge in [0.15, 0.2) is 4.33 Å². The smallest absolute Gasteiger partial charge is 0.270 e. The Kier molecular flexibility index (Phi) is 4.83. The fourth-order valence-corrected chi connectivity index (χ4v) is 5.82. The van der Waals surface area contributed by atoms with Crippen molar-refractivity contribution in [2.45, 2.75) is 34.9 Å². The predicted molar refractivity (Wildman–Crippen MR) is 86.2 cm³/mol. The second kappa shape index (κ2) is 5.99. The van der Waals surface area contributed by atoms with E-state index in [0.29, 0.717) is 5.75 Å². The molecule has 1 aliphatic heterocycles. The van der Waals surface area contributed by atoms with Crippen LogP contribution in [0.2, 0.25) is 0 Å². The molecule has 0 N–H and O–H groups in total. The standard InChI is InChI=1S/C13H15Cl2NO3S2/c1-3-20-11-8-13(14,15)12(17)16(11)21(18,19)10-6-4-9(2)5-7-10/h4-7,11H,3,8H2,1-2H3. The van der Waals surface area contributed by atoms with Gasteiger partial charge < -0.3 is 0 Å². The van der Waals surface area contributed by atoms with Crippen molar-refractivity contribution in [3.05, 3.63) is 29.8 Å². The lowest BCUT2D eigenvalue weighted by atomic mass is 10.2. The highest BCUT2D eigenvalue weighted by atomic mass is 35.5. The normalized spacial score (nSPS) is 21.8. The molecule has 116 valence electrons. The van der Waals surface area contributed by atoms with Crippen molar-refractivity contribution in [1.82, 2.24) is 4.31 Å². The van der Waals surface area contributed by atoms with E-state index in [1.807, 2.05) is 13.8 Å². The molecule has 1 saturated heterocycles. The summed E-state index contributed by atoms with van der Waals surface area (Å²) >= 11 is 13.3. The van der Waals surface area contributed by atoms with Crippen molar-refractivity contribution in [3.63, 3.8) is 0 Å². The van der Waals surface area contributed by atoms with Gasteiger partial charge in [-0.15, -0.1) is 11.8 Å². The van der Waals surface area contributed by atoms with E-state index in [0.717, 1.165) is 9.87 Å². The number of rotatable bonds is 4. The Balaban J connectivity index is 2.45. The van der Waals surface area contributed by atoms with Gasteiger partial charge in [0.2, 0.25) is 0 Å². The second-order valence-corrected chi connectivity index (χ2v) is 9.49. The number of halogens is 2. The summed E-state index contributed by atoms with van der Waals surface area (Å²) in [5.41, 5.74) is 0.935. The molecule has 8 heteroatoms. The highest BCUT2D eigenvalue weighted by Gasteiger charge is 2.54. The number of hydrogen-bond donors (Lipinski definition) is 0. The number of hydrogen-bond acceptors (Lipinski definition) is 4. The highest BCUT2D eigenvalue weighted by Crippen LogP contribution is 2.44. The Bertz CT molecular complexity index is 644. The van der Waals surface area contributed by atoms with E-state index in [1.165, 1.54) is 23.9 Å². The van der Waals surface area contributed by atoms with Crippen molar-refractivity contribution in [2.24, 2.45) is 0 Å². The van der Waals surface area contributed by atoms with Crippen LogP contribution in [0.25, 0.3) is 0 Å². The first kappa shape index (κ1) is 16.9. The van der Waals surface area contributed by atoms with Crippen molar-refractivity contribution in [3.8, 4) is 0 Å². The summed E-state index contributed by atoms with van der Waals surface area (Å²) in [6, 6.07) is 6.33. The van der Waals surface area contributed by atoms with Crippen LogP contribution in [0.3, 0.4) is 0 Å². The van der Waals surface area contributed by atoms with Crippen LogP contribution in [0.1, 0.15) is 18.9 Å². The monoisotopic (exact) mass is 367 g/mol. The molecule has 1 amide bonds. The molecule has 0 saturated carbocycles. The van der Waals surface area contributed by atoms with E-state index in [1.54, 1.807) is 12.1 Å². The van der Waals surface area contributed by atoms with E-state index in [9.17, 15) is 13.2 Å². The molecule has 0 bridgehead atoms. The van der Waals surface area contributed by atoms with E-state index in [-0.39, 0.29) is 11.3 Å². The number of aryl methyl sites for hydroxylation is 1. The van der Waals surface area contributed by atoms with Gasteiger partial charge >= 0.3 is 0 Å². The summed E-state index contributed by atoms with van der Waals surface area (Å²) in [4.78, 5) is 12.3. The molecule has 0 spiro atoms. The molecule has 2 rings (SSSR count). The fraction of sp³-hybridized carbons (Fsp3) is 0.462. The third-order valence-corrected chi connectivity index (χ3v) is 6.81. The molecule has 4 nitrogen and oxygen atoms in total.